The van der Waals surface area contributed by atoms with Gasteiger partial charge >= 0.3 is 0 Å². The first-order chi connectivity index (χ1) is 12.8. The molecule has 0 aliphatic rings. The first-order valence-electron chi connectivity index (χ1n) is 8.45. The second-order valence-corrected chi connectivity index (χ2v) is 6.95. The largest absolute Gasteiger partial charge is 0.386 e. The Balaban J connectivity index is 1.77. The van der Waals surface area contributed by atoms with E-state index in [0.29, 0.717) is 16.9 Å². The van der Waals surface area contributed by atoms with E-state index in [1.165, 1.54) is 0 Å². The molecule has 0 bridgehead atoms. The van der Waals surface area contributed by atoms with E-state index in [-0.39, 0.29) is 0 Å². The zero-order valence-electron chi connectivity index (χ0n) is 14.8. The van der Waals surface area contributed by atoms with Gasteiger partial charge in [-0.05, 0) is 48.7 Å². The van der Waals surface area contributed by atoms with Crippen LogP contribution in [0.1, 0.15) is 19.4 Å². The molecule has 4 aromatic rings. The van der Waals surface area contributed by atoms with E-state index in [2.05, 4.69) is 9.97 Å². The smallest absolute Gasteiger partial charge is 0.216 e. The molecule has 1 aromatic carbocycles. The van der Waals surface area contributed by atoms with Crippen molar-refractivity contribution in [3.8, 4) is 22.4 Å². The third-order valence-corrected chi connectivity index (χ3v) is 4.41. The van der Waals surface area contributed by atoms with Gasteiger partial charge in [-0.1, -0.05) is 18.2 Å². The number of rotatable bonds is 3. The number of benzene rings is 1. The number of aliphatic hydroxyl groups is 1. The average molecular weight is 365 g/mol. The molecule has 0 fully saturated rings. The lowest BCUT2D eigenvalue weighted by Gasteiger charge is -2.18. The van der Waals surface area contributed by atoms with E-state index in [1.807, 2.05) is 42.6 Å². The molecule has 0 saturated carbocycles. The van der Waals surface area contributed by atoms with Crippen LogP contribution in [0.3, 0.4) is 0 Å². The van der Waals surface area contributed by atoms with E-state index in [1.54, 1.807) is 24.4 Å². The average Bonchev–Trinajstić information content (AvgIpc) is 3.03. The van der Waals surface area contributed by atoms with Gasteiger partial charge in [0.1, 0.15) is 5.65 Å². The van der Waals surface area contributed by atoms with Crippen molar-refractivity contribution in [2.24, 2.45) is 0 Å². The van der Waals surface area contributed by atoms with E-state index in [4.69, 9.17) is 0 Å². The normalized spacial score (nSPS) is 11.9. The summed E-state index contributed by atoms with van der Waals surface area (Å²) in [7, 11) is 0. The maximum atomic E-state index is 13.4. The molecular formula is C21H17F2N3O. The molecule has 0 spiro atoms. The van der Waals surface area contributed by atoms with Gasteiger partial charge in [0.25, 0.3) is 0 Å². The van der Waals surface area contributed by atoms with Crippen molar-refractivity contribution in [1.29, 1.82) is 0 Å². The Labute approximate surface area is 154 Å². The summed E-state index contributed by atoms with van der Waals surface area (Å²) in [4.78, 5) is 7.53. The van der Waals surface area contributed by atoms with Crippen molar-refractivity contribution in [2.75, 3.05) is 0 Å². The fraction of sp³-hybridized carbons (Fsp3) is 0.143. The van der Waals surface area contributed by atoms with E-state index in [0.717, 1.165) is 28.8 Å². The molecule has 1 N–H and O–H groups in total. The van der Waals surface area contributed by atoms with Crippen molar-refractivity contribution in [3.63, 3.8) is 0 Å². The summed E-state index contributed by atoms with van der Waals surface area (Å²) in [5.41, 5.74) is 3.21. The summed E-state index contributed by atoms with van der Waals surface area (Å²) in [5.74, 6) is -1.77. The van der Waals surface area contributed by atoms with Crippen LogP contribution in [-0.2, 0) is 5.60 Å². The van der Waals surface area contributed by atoms with Crippen LogP contribution in [0.15, 0.2) is 60.9 Å². The highest BCUT2D eigenvalue weighted by molar-refractivity contribution is 5.68. The van der Waals surface area contributed by atoms with E-state index >= 15 is 0 Å². The summed E-state index contributed by atoms with van der Waals surface area (Å²) in [6, 6.07) is 13.7. The van der Waals surface area contributed by atoms with Crippen LogP contribution in [0.25, 0.3) is 28.0 Å². The first kappa shape index (κ1) is 17.3. The maximum absolute atomic E-state index is 13.4. The Kier molecular flexibility index (Phi) is 4.00. The highest BCUT2D eigenvalue weighted by Gasteiger charge is 2.16. The second kappa shape index (κ2) is 6.25. The van der Waals surface area contributed by atoms with Gasteiger partial charge < -0.3 is 9.51 Å². The standard InChI is InChI=1S/C21H17F2N3O/c1-21(2,27)16-5-3-4-13(8-16)14-6-7-20-24-17(12-26(20)11-14)15-9-18(22)25-19(23)10-15/h3-12,27H,1-2H3. The quantitative estimate of drug-likeness (QED) is 0.541. The molecular weight excluding hydrogens is 348 g/mol. The summed E-state index contributed by atoms with van der Waals surface area (Å²) in [5, 5.41) is 10.2. The van der Waals surface area contributed by atoms with Gasteiger partial charge in [0.15, 0.2) is 0 Å². The minimum atomic E-state index is -0.933. The van der Waals surface area contributed by atoms with Crippen LogP contribution in [0, 0.1) is 11.9 Å². The summed E-state index contributed by atoms with van der Waals surface area (Å²) in [6.45, 7) is 3.48. The molecule has 0 unspecified atom stereocenters. The van der Waals surface area contributed by atoms with Crippen LogP contribution in [0.2, 0.25) is 0 Å². The zero-order chi connectivity index (χ0) is 19.2. The Morgan fingerprint density at radius 2 is 1.59 bits per heavy atom. The molecule has 27 heavy (non-hydrogen) atoms. The lowest BCUT2D eigenvalue weighted by Crippen LogP contribution is -2.15. The predicted octanol–water partition coefficient (Wildman–Crippen LogP) is 4.57. The second-order valence-electron chi connectivity index (χ2n) is 6.95. The number of hydrogen-bond acceptors (Lipinski definition) is 3. The third-order valence-electron chi connectivity index (χ3n) is 4.41. The van der Waals surface area contributed by atoms with Gasteiger partial charge in [0, 0.05) is 30.1 Å². The minimum absolute atomic E-state index is 0.328. The lowest BCUT2D eigenvalue weighted by molar-refractivity contribution is 0.0786. The van der Waals surface area contributed by atoms with Crippen molar-refractivity contribution in [3.05, 3.63) is 78.4 Å². The zero-order valence-corrected chi connectivity index (χ0v) is 14.8. The third kappa shape index (κ3) is 3.44. The fourth-order valence-corrected chi connectivity index (χ4v) is 2.99. The molecule has 4 rings (SSSR count). The van der Waals surface area contributed by atoms with Crippen LogP contribution in [0.5, 0.6) is 0 Å². The van der Waals surface area contributed by atoms with Crippen molar-refractivity contribution < 1.29 is 13.9 Å². The Bertz CT molecular complexity index is 1130. The number of imidazole rings is 1. The molecule has 0 radical (unpaired) electrons. The van der Waals surface area contributed by atoms with Gasteiger partial charge in [0.05, 0.1) is 11.3 Å². The highest BCUT2D eigenvalue weighted by Crippen LogP contribution is 2.27. The number of hydrogen-bond donors (Lipinski definition) is 1. The number of nitrogens with zero attached hydrogens (tertiary/aromatic N) is 3. The van der Waals surface area contributed by atoms with Crippen molar-refractivity contribution in [1.82, 2.24) is 14.4 Å². The van der Waals surface area contributed by atoms with Gasteiger partial charge in [-0.2, -0.15) is 13.8 Å². The van der Waals surface area contributed by atoms with Crippen LogP contribution in [-0.4, -0.2) is 19.5 Å². The summed E-state index contributed by atoms with van der Waals surface area (Å²) in [6.07, 6.45) is 3.61. The van der Waals surface area contributed by atoms with Crippen molar-refractivity contribution >= 4 is 5.65 Å². The van der Waals surface area contributed by atoms with Gasteiger partial charge in [0.2, 0.25) is 11.9 Å². The SMILES string of the molecule is CC(C)(O)c1cccc(-c2ccc3nc(-c4cc(F)nc(F)c4)cn3c2)c1. The van der Waals surface area contributed by atoms with Crippen LogP contribution < -0.4 is 0 Å². The first-order valence-corrected chi connectivity index (χ1v) is 8.45. The number of pyridine rings is 2. The molecule has 0 atom stereocenters. The van der Waals surface area contributed by atoms with E-state index < -0.39 is 17.5 Å². The van der Waals surface area contributed by atoms with E-state index in [9.17, 15) is 13.9 Å². The molecule has 3 aromatic heterocycles. The number of fused-ring (bicyclic) bond motifs is 1. The molecule has 0 aliphatic carbocycles. The number of aromatic nitrogens is 3. The molecule has 6 heteroatoms. The summed E-state index contributed by atoms with van der Waals surface area (Å²) >= 11 is 0. The molecule has 3 heterocycles. The fourth-order valence-electron chi connectivity index (χ4n) is 2.99. The lowest BCUT2D eigenvalue weighted by atomic mass is 9.95. The van der Waals surface area contributed by atoms with Crippen LogP contribution >= 0.6 is 0 Å². The Morgan fingerprint density at radius 3 is 2.30 bits per heavy atom. The molecule has 0 aliphatic heterocycles. The molecule has 4 nitrogen and oxygen atoms in total. The monoisotopic (exact) mass is 365 g/mol. The van der Waals surface area contributed by atoms with Gasteiger partial charge in [-0.15, -0.1) is 0 Å². The topological polar surface area (TPSA) is 50.4 Å². The minimum Gasteiger partial charge on any atom is -0.386 e. The van der Waals surface area contributed by atoms with Gasteiger partial charge in [-0.3, -0.25) is 0 Å². The molecule has 136 valence electrons. The Morgan fingerprint density at radius 1 is 0.852 bits per heavy atom. The van der Waals surface area contributed by atoms with Gasteiger partial charge in [-0.25, -0.2) is 4.98 Å². The summed E-state index contributed by atoms with van der Waals surface area (Å²) < 4.78 is 28.6. The number of halogens is 2. The molecule has 0 amide bonds. The maximum Gasteiger partial charge on any atom is 0.216 e. The highest BCUT2D eigenvalue weighted by atomic mass is 19.1. The van der Waals surface area contributed by atoms with Crippen LogP contribution in [0.4, 0.5) is 8.78 Å². The van der Waals surface area contributed by atoms with Crippen molar-refractivity contribution in [2.45, 2.75) is 19.4 Å². The Hall–Kier alpha value is -3.12. The molecule has 0 saturated heterocycles. The predicted molar refractivity (Wildman–Crippen MR) is 99.0 cm³/mol.